The molecular weight excluding hydrogens is 236 g/mol. The molecule has 1 aliphatic rings. The molecule has 0 saturated heterocycles. The number of rotatable bonds is 2. The number of aryl methyl sites for hydroxylation is 1. The van der Waals surface area contributed by atoms with Crippen LogP contribution >= 0.6 is 0 Å². The van der Waals surface area contributed by atoms with Crippen LogP contribution in [-0.4, -0.2) is 9.55 Å². The molecule has 0 aliphatic heterocycles. The first kappa shape index (κ1) is 11.2. The summed E-state index contributed by atoms with van der Waals surface area (Å²) in [7, 11) is 0. The highest BCUT2D eigenvalue weighted by Gasteiger charge is 2.29. The Morgan fingerprint density at radius 2 is 2.06 bits per heavy atom. The number of nitrogen functional groups attached to an aromatic ring is 1. The van der Waals surface area contributed by atoms with Crippen molar-refractivity contribution in [1.29, 1.82) is 0 Å². The maximum Gasteiger partial charge on any atom is 0.132 e. The number of hydrogen-bond donors (Lipinski definition) is 1. The van der Waals surface area contributed by atoms with Crippen molar-refractivity contribution in [2.45, 2.75) is 25.8 Å². The molecule has 18 heavy (non-hydrogen) atoms. The first-order valence-electron chi connectivity index (χ1n) is 5.87. The minimum atomic E-state index is -0.511. The second-order valence-electron chi connectivity index (χ2n) is 4.62. The predicted molar refractivity (Wildman–Crippen MR) is 65.0 cm³/mol. The van der Waals surface area contributed by atoms with Crippen molar-refractivity contribution in [2.24, 2.45) is 0 Å². The second kappa shape index (κ2) is 3.80. The van der Waals surface area contributed by atoms with E-state index in [1.165, 1.54) is 0 Å². The van der Waals surface area contributed by atoms with Crippen LogP contribution in [0.5, 0.6) is 0 Å². The third-order valence-electron chi connectivity index (χ3n) is 3.22. The standard InChI is InChI=1S/C13H13F2N3/c1-7-17-12(13(16)18(7)9-3-4-9)10-6-8(14)2-5-11(10)15/h2,5-6,9H,3-4,16H2,1H3. The van der Waals surface area contributed by atoms with Gasteiger partial charge in [0.15, 0.2) is 0 Å². The lowest BCUT2D eigenvalue weighted by Gasteiger charge is -2.05. The predicted octanol–water partition coefficient (Wildman–Crippen LogP) is 3.05. The zero-order valence-electron chi connectivity index (χ0n) is 9.95. The van der Waals surface area contributed by atoms with Gasteiger partial charge in [-0.3, -0.25) is 0 Å². The summed E-state index contributed by atoms with van der Waals surface area (Å²) in [6, 6.07) is 3.67. The molecular formula is C13H13F2N3. The molecule has 2 N–H and O–H groups in total. The number of nitrogens with two attached hydrogens (primary N) is 1. The molecule has 1 aromatic heterocycles. The zero-order valence-corrected chi connectivity index (χ0v) is 9.95. The molecule has 5 heteroatoms. The van der Waals surface area contributed by atoms with Gasteiger partial charge in [0.2, 0.25) is 0 Å². The van der Waals surface area contributed by atoms with E-state index in [4.69, 9.17) is 5.73 Å². The molecule has 0 spiro atoms. The van der Waals surface area contributed by atoms with Crippen LogP contribution in [0.2, 0.25) is 0 Å². The van der Waals surface area contributed by atoms with Gasteiger partial charge in [-0.05, 0) is 38.0 Å². The molecule has 0 amide bonds. The van der Waals surface area contributed by atoms with Gasteiger partial charge in [-0.25, -0.2) is 13.8 Å². The average Bonchev–Trinajstić information content (AvgIpc) is 3.10. The van der Waals surface area contributed by atoms with E-state index in [1.807, 2.05) is 11.5 Å². The number of anilines is 1. The lowest BCUT2D eigenvalue weighted by molar-refractivity contribution is 0.603. The van der Waals surface area contributed by atoms with Gasteiger partial charge in [0, 0.05) is 11.6 Å². The highest BCUT2D eigenvalue weighted by Crippen LogP contribution is 2.41. The lowest BCUT2D eigenvalue weighted by atomic mass is 10.1. The topological polar surface area (TPSA) is 43.8 Å². The third kappa shape index (κ3) is 1.66. The van der Waals surface area contributed by atoms with Gasteiger partial charge in [0.05, 0.1) is 0 Å². The van der Waals surface area contributed by atoms with Crippen molar-refractivity contribution < 1.29 is 8.78 Å². The summed E-state index contributed by atoms with van der Waals surface area (Å²) in [6.07, 6.45) is 2.12. The second-order valence-corrected chi connectivity index (χ2v) is 4.62. The van der Waals surface area contributed by atoms with E-state index in [0.717, 1.165) is 36.9 Å². The van der Waals surface area contributed by atoms with Gasteiger partial charge in [-0.2, -0.15) is 0 Å². The smallest absolute Gasteiger partial charge is 0.132 e. The Kier molecular flexibility index (Phi) is 2.36. The minimum Gasteiger partial charge on any atom is -0.383 e. The van der Waals surface area contributed by atoms with Gasteiger partial charge >= 0.3 is 0 Å². The van der Waals surface area contributed by atoms with E-state index >= 15 is 0 Å². The van der Waals surface area contributed by atoms with Crippen LogP contribution in [0.1, 0.15) is 24.7 Å². The molecule has 1 saturated carbocycles. The molecule has 2 aromatic rings. The number of aromatic nitrogens is 2. The van der Waals surface area contributed by atoms with Crippen LogP contribution in [0, 0.1) is 18.6 Å². The summed E-state index contributed by atoms with van der Waals surface area (Å²) in [6.45, 7) is 1.83. The summed E-state index contributed by atoms with van der Waals surface area (Å²) in [5, 5.41) is 0. The van der Waals surface area contributed by atoms with E-state index < -0.39 is 11.6 Å². The van der Waals surface area contributed by atoms with Crippen molar-refractivity contribution in [3.63, 3.8) is 0 Å². The lowest BCUT2D eigenvalue weighted by Crippen LogP contribution is -2.02. The normalized spacial score (nSPS) is 15.1. The van der Waals surface area contributed by atoms with Crippen molar-refractivity contribution in [1.82, 2.24) is 9.55 Å². The monoisotopic (exact) mass is 249 g/mol. The fourth-order valence-electron chi connectivity index (χ4n) is 2.23. The number of nitrogens with zero attached hydrogens (tertiary/aromatic N) is 2. The molecule has 0 unspecified atom stereocenters. The molecule has 0 atom stereocenters. The first-order chi connectivity index (χ1) is 8.58. The van der Waals surface area contributed by atoms with Crippen LogP contribution in [0.3, 0.4) is 0 Å². The molecule has 1 heterocycles. The molecule has 3 rings (SSSR count). The fourth-order valence-corrected chi connectivity index (χ4v) is 2.23. The van der Waals surface area contributed by atoms with Crippen molar-refractivity contribution in [3.05, 3.63) is 35.7 Å². The Morgan fingerprint density at radius 3 is 2.72 bits per heavy atom. The third-order valence-corrected chi connectivity index (χ3v) is 3.22. The maximum absolute atomic E-state index is 13.7. The quantitative estimate of drug-likeness (QED) is 0.889. The molecule has 94 valence electrons. The SMILES string of the molecule is Cc1nc(-c2cc(F)ccc2F)c(N)n1C1CC1. The number of benzene rings is 1. The Hall–Kier alpha value is -1.91. The molecule has 1 aliphatic carbocycles. The molecule has 1 aromatic carbocycles. The van der Waals surface area contributed by atoms with Crippen LogP contribution in [0.4, 0.5) is 14.6 Å². The van der Waals surface area contributed by atoms with Crippen molar-refractivity contribution in [2.75, 3.05) is 5.73 Å². The highest BCUT2D eigenvalue weighted by atomic mass is 19.1. The molecule has 0 radical (unpaired) electrons. The summed E-state index contributed by atoms with van der Waals surface area (Å²) >= 11 is 0. The highest BCUT2D eigenvalue weighted by molar-refractivity contribution is 5.71. The zero-order chi connectivity index (χ0) is 12.9. The molecule has 1 fully saturated rings. The minimum absolute atomic E-state index is 0.120. The number of hydrogen-bond acceptors (Lipinski definition) is 2. The van der Waals surface area contributed by atoms with Gasteiger partial charge < -0.3 is 10.3 Å². The van der Waals surface area contributed by atoms with Crippen LogP contribution in [0.25, 0.3) is 11.3 Å². The summed E-state index contributed by atoms with van der Waals surface area (Å²) in [4.78, 5) is 4.27. The Morgan fingerprint density at radius 1 is 1.33 bits per heavy atom. The average molecular weight is 249 g/mol. The summed E-state index contributed by atoms with van der Waals surface area (Å²) in [5.41, 5.74) is 6.46. The van der Waals surface area contributed by atoms with Crippen LogP contribution in [-0.2, 0) is 0 Å². The maximum atomic E-state index is 13.7. The van der Waals surface area contributed by atoms with Crippen molar-refractivity contribution >= 4 is 5.82 Å². The van der Waals surface area contributed by atoms with E-state index in [-0.39, 0.29) is 5.56 Å². The molecule has 0 bridgehead atoms. The van der Waals surface area contributed by atoms with Crippen molar-refractivity contribution in [3.8, 4) is 11.3 Å². The first-order valence-corrected chi connectivity index (χ1v) is 5.87. The number of imidazole rings is 1. The van der Waals surface area contributed by atoms with Gasteiger partial charge in [-0.1, -0.05) is 0 Å². The Balaban J connectivity index is 2.17. The Bertz CT molecular complexity index is 615. The van der Waals surface area contributed by atoms with E-state index in [9.17, 15) is 8.78 Å². The Labute approximate surface area is 103 Å². The van der Waals surface area contributed by atoms with Gasteiger partial charge in [0.1, 0.15) is 29.0 Å². The fraction of sp³-hybridized carbons (Fsp3) is 0.308. The van der Waals surface area contributed by atoms with Crippen LogP contribution < -0.4 is 5.73 Å². The van der Waals surface area contributed by atoms with E-state index in [0.29, 0.717) is 17.6 Å². The largest absolute Gasteiger partial charge is 0.383 e. The van der Waals surface area contributed by atoms with Gasteiger partial charge in [-0.15, -0.1) is 0 Å². The summed E-state index contributed by atoms with van der Waals surface area (Å²) in [5.74, 6) is 0.154. The molecule has 3 nitrogen and oxygen atoms in total. The van der Waals surface area contributed by atoms with Gasteiger partial charge in [0.25, 0.3) is 0 Å². The van der Waals surface area contributed by atoms with E-state index in [2.05, 4.69) is 4.98 Å². The number of halogens is 2. The van der Waals surface area contributed by atoms with E-state index in [1.54, 1.807) is 0 Å². The summed E-state index contributed by atoms with van der Waals surface area (Å²) < 4.78 is 28.8. The van der Waals surface area contributed by atoms with Crippen LogP contribution in [0.15, 0.2) is 18.2 Å².